The van der Waals surface area contributed by atoms with E-state index in [1.54, 1.807) is 7.05 Å². The minimum atomic E-state index is -3.46. The molecular formula is C9H16N4O2S. The number of rotatable bonds is 5. The number of nitrogens with zero attached hydrogens (tertiary/aromatic N) is 2. The molecule has 0 spiro atoms. The fraction of sp³-hybridized carbons (Fsp3) is 0.667. The average molecular weight is 244 g/mol. The first kappa shape index (κ1) is 11.6. The van der Waals surface area contributed by atoms with Crippen molar-refractivity contribution in [1.29, 1.82) is 0 Å². The molecule has 0 atom stereocenters. The second-order valence-corrected chi connectivity index (χ2v) is 6.14. The molecule has 0 aliphatic heterocycles. The summed E-state index contributed by atoms with van der Waals surface area (Å²) >= 11 is 0. The van der Waals surface area contributed by atoms with E-state index in [9.17, 15) is 8.42 Å². The van der Waals surface area contributed by atoms with Crippen LogP contribution in [-0.4, -0.2) is 36.5 Å². The van der Waals surface area contributed by atoms with Gasteiger partial charge < -0.3 is 5.73 Å². The summed E-state index contributed by atoms with van der Waals surface area (Å²) < 4.78 is 25.6. The number of aromatic amines is 1. The molecule has 16 heavy (non-hydrogen) atoms. The molecule has 0 aromatic carbocycles. The predicted molar refractivity (Wildman–Crippen MR) is 59.0 cm³/mol. The van der Waals surface area contributed by atoms with Crippen LogP contribution in [0.2, 0.25) is 0 Å². The van der Waals surface area contributed by atoms with Crippen molar-refractivity contribution < 1.29 is 8.42 Å². The summed E-state index contributed by atoms with van der Waals surface area (Å²) in [6.07, 6.45) is 3.69. The van der Waals surface area contributed by atoms with Gasteiger partial charge in [0.25, 0.3) is 10.0 Å². The van der Waals surface area contributed by atoms with Crippen molar-refractivity contribution in [2.24, 2.45) is 11.7 Å². The lowest BCUT2D eigenvalue weighted by Gasteiger charge is -2.16. The lowest BCUT2D eigenvalue weighted by Crippen LogP contribution is -2.30. The van der Waals surface area contributed by atoms with Crippen molar-refractivity contribution in [2.75, 3.05) is 13.6 Å². The van der Waals surface area contributed by atoms with Crippen LogP contribution in [0.4, 0.5) is 0 Å². The Morgan fingerprint density at radius 1 is 1.62 bits per heavy atom. The van der Waals surface area contributed by atoms with Crippen molar-refractivity contribution in [3.05, 3.63) is 11.8 Å². The molecule has 0 unspecified atom stereocenters. The zero-order valence-corrected chi connectivity index (χ0v) is 10.00. The molecule has 1 aromatic heterocycles. The molecule has 1 aliphatic carbocycles. The van der Waals surface area contributed by atoms with Crippen molar-refractivity contribution >= 4 is 10.0 Å². The number of nitrogens with two attached hydrogens (primary N) is 1. The van der Waals surface area contributed by atoms with E-state index in [4.69, 9.17) is 5.73 Å². The fourth-order valence-corrected chi connectivity index (χ4v) is 2.94. The highest BCUT2D eigenvalue weighted by Gasteiger charge is 2.31. The van der Waals surface area contributed by atoms with Crippen LogP contribution in [0.25, 0.3) is 0 Å². The molecule has 2 rings (SSSR count). The molecule has 3 N–H and O–H groups in total. The van der Waals surface area contributed by atoms with Gasteiger partial charge in [0.05, 0.1) is 6.20 Å². The molecule has 0 bridgehead atoms. The third-order valence-corrected chi connectivity index (χ3v) is 4.62. The zero-order valence-electron chi connectivity index (χ0n) is 9.18. The molecule has 1 aromatic rings. The Bertz CT molecular complexity index is 464. The molecule has 0 amide bonds. The normalized spacial score (nSPS) is 16.9. The van der Waals surface area contributed by atoms with Gasteiger partial charge in [-0.05, 0) is 18.8 Å². The number of nitrogens with one attached hydrogen (secondary N) is 1. The van der Waals surface area contributed by atoms with Gasteiger partial charge >= 0.3 is 0 Å². The van der Waals surface area contributed by atoms with Crippen molar-refractivity contribution in [2.45, 2.75) is 24.4 Å². The lowest BCUT2D eigenvalue weighted by molar-refractivity contribution is 0.449. The molecule has 0 radical (unpaired) electrons. The standard InChI is InChI=1S/C9H16N4O2S/c1-13(6-7-2-3-7)16(14,15)9-8(4-10)5-11-12-9/h5,7H,2-4,6,10H2,1H3,(H,11,12). The smallest absolute Gasteiger partial charge is 0.260 e. The number of hydrogen-bond acceptors (Lipinski definition) is 4. The van der Waals surface area contributed by atoms with Gasteiger partial charge in [0.15, 0.2) is 5.03 Å². The lowest BCUT2D eigenvalue weighted by atomic mass is 10.4. The number of sulfonamides is 1. The minimum absolute atomic E-state index is 0.123. The Labute approximate surface area is 94.9 Å². The first-order chi connectivity index (χ1) is 7.55. The van der Waals surface area contributed by atoms with Crippen LogP contribution in [0.5, 0.6) is 0 Å². The quantitative estimate of drug-likeness (QED) is 0.756. The first-order valence-electron chi connectivity index (χ1n) is 5.24. The molecule has 1 saturated carbocycles. The summed E-state index contributed by atoms with van der Waals surface area (Å²) in [7, 11) is -1.87. The molecule has 90 valence electrons. The maximum atomic E-state index is 12.1. The molecule has 0 saturated heterocycles. The van der Waals surface area contributed by atoms with E-state index in [0.717, 1.165) is 12.8 Å². The Hall–Kier alpha value is -0.920. The van der Waals surface area contributed by atoms with Crippen LogP contribution < -0.4 is 5.73 Å². The van der Waals surface area contributed by atoms with E-state index in [-0.39, 0.29) is 11.6 Å². The number of aromatic nitrogens is 2. The van der Waals surface area contributed by atoms with E-state index in [0.29, 0.717) is 18.0 Å². The third kappa shape index (κ3) is 2.11. The molecular weight excluding hydrogens is 228 g/mol. The molecule has 7 heteroatoms. The first-order valence-corrected chi connectivity index (χ1v) is 6.68. The van der Waals surface area contributed by atoms with Crippen molar-refractivity contribution in [1.82, 2.24) is 14.5 Å². The minimum Gasteiger partial charge on any atom is -0.326 e. The second kappa shape index (κ2) is 4.15. The van der Waals surface area contributed by atoms with E-state index in [2.05, 4.69) is 10.2 Å². The van der Waals surface area contributed by atoms with Crippen LogP contribution >= 0.6 is 0 Å². The van der Waals surface area contributed by atoms with Gasteiger partial charge in [0.2, 0.25) is 0 Å². The third-order valence-electron chi connectivity index (χ3n) is 2.78. The molecule has 1 fully saturated rings. The Morgan fingerprint density at radius 2 is 2.31 bits per heavy atom. The number of hydrogen-bond donors (Lipinski definition) is 2. The van der Waals surface area contributed by atoms with Crippen LogP contribution in [0.15, 0.2) is 11.2 Å². The van der Waals surface area contributed by atoms with Gasteiger partial charge in [-0.3, -0.25) is 5.10 Å². The van der Waals surface area contributed by atoms with E-state index >= 15 is 0 Å². The Morgan fingerprint density at radius 3 is 2.88 bits per heavy atom. The van der Waals surface area contributed by atoms with E-state index in [1.807, 2.05) is 0 Å². The SMILES string of the molecule is CN(CC1CC1)S(=O)(=O)c1[nH]ncc1CN. The average Bonchev–Trinajstić information content (AvgIpc) is 2.92. The van der Waals surface area contributed by atoms with Crippen LogP contribution in [0.1, 0.15) is 18.4 Å². The van der Waals surface area contributed by atoms with Crippen molar-refractivity contribution in [3.8, 4) is 0 Å². The van der Waals surface area contributed by atoms with Crippen LogP contribution in [-0.2, 0) is 16.6 Å². The van der Waals surface area contributed by atoms with Gasteiger partial charge in [0.1, 0.15) is 0 Å². The zero-order chi connectivity index (χ0) is 11.8. The summed E-state index contributed by atoms with van der Waals surface area (Å²) in [6.45, 7) is 0.744. The summed E-state index contributed by atoms with van der Waals surface area (Å²) in [5.74, 6) is 0.518. The summed E-state index contributed by atoms with van der Waals surface area (Å²) in [6, 6.07) is 0. The molecule has 6 nitrogen and oxygen atoms in total. The maximum absolute atomic E-state index is 12.1. The van der Waals surface area contributed by atoms with Gasteiger partial charge in [-0.1, -0.05) is 0 Å². The highest BCUT2D eigenvalue weighted by atomic mass is 32.2. The highest BCUT2D eigenvalue weighted by Crippen LogP contribution is 2.31. The van der Waals surface area contributed by atoms with E-state index < -0.39 is 10.0 Å². The number of H-pyrrole nitrogens is 1. The topological polar surface area (TPSA) is 92.1 Å². The summed E-state index contributed by atoms with van der Waals surface area (Å²) in [4.78, 5) is 0. The van der Waals surface area contributed by atoms with Crippen molar-refractivity contribution in [3.63, 3.8) is 0 Å². The summed E-state index contributed by atoms with van der Waals surface area (Å²) in [5, 5.41) is 6.36. The van der Waals surface area contributed by atoms with Crippen LogP contribution in [0.3, 0.4) is 0 Å². The van der Waals surface area contributed by atoms with Crippen LogP contribution in [0, 0.1) is 5.92 Å². The molecule has 1 aliphatic rings. The van der Waals surface area contributed by atoms with Gasteiger partial charge in [-0.25, -0.2) is 8.42 Å². The van der Waals surface area contributed by atoms with E-state index in [1.165, 1.54) is 10.5 Å². The van der Waals surface area contributed by atoms with Gasteiger partial charge in [-0.15, -0.1) is 0 Å². The Balaban J connectivity index is 2.23. The van der Waals surface area contributed by atoms with Gasteiger partial charge in [0, 0.05) is 25.7 Å². The Kier molecular flexibility index (Phi) is 3.00. The fourth-order valence-electron chi connectivity index (χ4n) is 1.59. The predicted octanol–water partition coefficient (Wildman–Crippen LogP) is -0.101. The molecule has 1 heterocycles. The largest absolute Gasteiger partial charge is 0.326 e. The van der Waals surface area contributed by atoms with Gasteiger partial charge in [-0.2, -0.15) is 9.40 Å². The monoisotopic (exact) mass is 244 g/mol. The highest BCUT2D eigenvalue weighted by molar-refractivity contribution is 7.89. The second-order valence-electron chi connectivity index (χ2n) is 4.16. The maximum Gasteiger partial charge on any atom is 0.260 e. The summed E-state index contributed by atoms with van der Waals surface area (Å²) in [5.41, 5.74) is 5.99.